The molecule has 2 nitrogen and oxygen atoms in total. The van der Waals surface area contributed by atoms with E-state index in [2.05, 4.69) is 5.32 Å². The van der Waals surface area contributed by atoms with Crippen molar-refractivity contribution in [2.75, 3.05) is 6.54 Å². The van der Waals surface area contributed by atoms with Gasteiger partial charge < -0.3 is 9.73 Å². The van der Waals surface area contributed by atoms with Crippen LogP contribution in [-0.4, -0.2) is 12.7 Å². The van der Waals surface area contributed by atoms with Crippen LogP contribution in [0.2, 0.25) is 0 Å². The number of hydrogen-bond acceptors (Lipinski definition) is 2. The van der Waals surface area contributed by atoms with Crippen LogP contribution >= 0.6 is 0 Å². The number of halogens is 3. The molecule has 1 heterocycles. The van der Waals surface area contributed by atoms with Crippen LogP contribution in [-0.2, 0) is 6.42 Å². The Balaban J connectivity index is 2.74. The fourth-order valence-corrected chi connectivity index (χ4v) is 1.60. The standard InChI is InChI=1S/C12H18F3NO/c1-3-7-16-10(8-12(13,14)15)11-6-5-9(4-2)17-11/h5-6,10,16H,3-4,7-8H2,1-2H3. The maximum Gasteiger partial charge on any atom is 0.391 e. The van der Waals surface area contributed by atoms with E-state index in [1.54, 1.807) is 12.1 Å². The summed E-state index contributed by atoms with van der Waals surface area (Å²) in [4.78, 5) is 0. The van der Waals surface area contributed by atoms with Crippen LogP contribution in [0.4, 0.5) is 13.2 Å². The molecule has 1 aromatic rings. The monoisotopic (exact) mass is 249 g/mol. The largest absolute Gasteiger partial charge is 0.464 e. The van der Waals surface area contributed by atoms with Gasteiger partial charge in [-0.1, -0.05) is 13.8 Å². The Bertz CT molecular complexity index is 333. The molecule has 0 saturated heterocycles. The van der Waals surface area contributed by atoms with E-state index >= 15 is 0 Å². The van der Waals surface area contributed by atoms with Crippen LogP contribution in [0.1, 0.15) is 44.3 Å². The zero-order valence-electron chi connectivity index (χ0n) is 10.1. The fourth-order valence-electron chi connectivity index (χ4n) is 1.60. The van der Waals surface area contributed by atoms with Crippen molar-refractivity contribution in [2.24, 2.45) is 0 Å². The minimum atomic E-state index is -4.19. The summed E-state index contributed by atoms with van der Waals surface area (Å²) < 4.78 is 42.7. The van der Waals surface area contributed by atoms with Crippen LogP contribution in [0.25, 0.3) is 0 Å². The van der Waals surface area contributed by atoms with Crippen LogP contribution in [0.3, 0.4) is 0 Å². The second kappa shape index (κ2) is 6.10. The Morgan fingerprint density at radius 3 is 2.47 bits per heavy atom. The van der Waals surface area contributed by atoms with Crippen molar-refractivity contribution in [3.8, 4) is 0 Å². The molecule has 0 amide bonds. The molecule has 0 aliphatic heterocycles. The topological polar surface area (TPSA) is 25.2 Å². The first-order chi connectivity index (χ1) is 7.96. The highest BCUT2D eigenvalue weighted by Crippen LogP contribution is 2.30. The smallest absolute Gasteiger partial charge is 0.391 e. The molecule has 1 rings (SSSR count). The summed E-state index contributed by atoms with van der Waals surface area (Å²) in [5, 5.41) is 2.87. The maximum atomic E-state index is 12.4. The quantitative estimate of drug-likeness (QED) is 0.828. The molecule has 1 unspecified atom stereocenters. The molecule has 5 heteroatoms. The minimum Gasteiger partial charge on any atom is -0.464 e. The fraction of sp³-hybridized carbons (Fsp3) is 0.667. The van der Waals surface area contributed by atoms with E-state index in [4.69, 9.17) is 4.42 Å². The van der Waals surface area contributed by atoms with E-state index in [-0.39, 0.29) is 0 Å². The summed E-state index contributed by atoms with van der Waals surface area (Å²) in [6.07, 6.45) is -3.61. The molecule has 0 saturated carbocycles. The predicted octanol–water partition coefficient (Wildman–Crippen LogP) is 3.84. The Hall–Kier alpha value is -0.970. The predicted molar refractivity (Wildman–Crippen MR) is 59.8 cm³/mol. The third-order valence-electron chi connectivity index (χ3n) is 2.45. The SMILES string of the molecule is CCCNC(CC(F)(F)F)c1ccc(CC)o1. The molecule has 0 fully saturated rings. The highest BCUT2D eigenvalue weighted by atomic mass is 19.4. The third kappa shape index (κ3) is 4.81. The lowest BCUT2D eigenvalue weighted by Crippen LogP contribution is -2.27. The van der Waals surface area contributed by atoms with Crippen LogP contribution in [0.15, 0.2) is 16.5 Å². The summed E-state index contributed by atoms with van der Waals surface area (Å²) in [6.45, 7) is 4.36. The van der Waals surface area contributed by atoms with Gasteiger partial charge in [-0.05, 0) is 25.1 Å². The Labute approximate surface area is 99.2 Å². The normalized spacial score (nSPS) is 13.9. The number of nitrogens with one attached hydrogen (secondary N) is 1. The molecule has 1 atom stereocenters. The molecule has 1 aromatic heterocycles. The van der Waals surface area contributed by atoms with Gasteiger partial charge in [0.15, 0.2) is 0 Å². The van der Waals surface area contributed by atoms with E-state index in [0.717, 1.165) is 6.42 Å². The number of hydrogen-bond donors (Lipinski definition) is 1. The van der Waals surface area contributed by atoms with Gasteiger partial charge in [0.05, 0.1) is 12.5 Å². The van der Waals surface area contributed by atoms with Gasteiger partial charge >= 0.3 is 6.18 Å². The van der Waals surface area contributed by atoms with Gasteiger partial charge in [0.25, 0.3) is 0 Å². The molecule has 0 aromatic carbocycles. The van der Waals surface area contributed by atoms with E-state index < -0.39 is 18.6 Å². The lowest BCUT2D eigenvalue weighted by atomic mass is 10.1. The van der Waals surface area contributed by atoms with Crippen molar-refractivity contribution in [2.45, 2.75) is 45.3 Å². The summed E-state index contributed by atoms with van der Waals surface area (Å²) >= 11 is 0. The lowest BCUT2D eigenvalue weighted by Gasteiger charge is -2.18. The Morgan fingerprint density at radius 1 is 1.29 bits per heavy atom. The number of alkyl halides is 3. The molecular weight excluding hydrogens is 231 g/mol. The van der Waals surface area contributed by atoms with Gasteiger partial charge in [0.1, 0.15) is 11.5 Å². The van der Waals surface area contributed by atoms with Gasteiger partial charge in [-0.2, -0.15) is 13.2 Å². The number of aryl methyl sites for hydroxylation is 1. The third-order valence-corrected chi connectivity index (χ3v) is 2.45. The van der Waals surface area contributed by atoms with Crippen molar-refractivity contribution in [3.05, 3.63) is 23.7 Å². The van der Waals surface area contributed by atoms with Gasteiger partial charge in [0, 0.05) is 6.42 Å². The molecule has 98 valence electrons. The van der Waals surface area contributed by atoms with Gasteiger partial charge in [-0.25, -0.2) is 0 Å². The van der Waals surface area contributed by atoms with E-state index in [1.807, 2.05) is 13.8 Å². The first-order valence-corrected chi connectivity index (χ1v) is 5.85. The van der Waals surface area contributed by atoms with E-state index in [0.29, 0.717) is 24.5 Å². The van der Waals surface area contributed by atoms with Crippen molar-refractivity contribution >= 4 is 0 Å². The first-order valence-electron chi connectivity index (χ1n) is 5.85. The summed E-state index contributed by atoms with van der Waals surface area (Å²) in [6, 6.07) is 2.57. The average molecular weight is 249 g/mol. The zero-order valence-corrected chi connectivity index (χ0v) is 10.1. The summed E-state index contributed by atoms with van der Waals surface area (Å²) in [5.74, 6) is 1.08. The van der Waals surface area contributed by atoms with Crippen LogP contribution < -0.4 is 5.32 Å². The van der Waals surface area contributed by atoms with Gasteiger partial charge in [-0.3, -0.25) is 0 Å². The van der Waals surface area contributed by atoms with Gasteiger partial charge in [-0.15, -0.1) is 0 Å². The van der Waals surface area contributed by atoms with Crippen LogP contribution in [0.5, 0.6) is 0 Å². The van der Waals surface area contributed by atoms with Crippen molar-refractivity contribution in [3.63, 3.8) is 0 Å². The number of rotatable bonds is 6. The molecule has 0 bridgehead atoms. The molecule has 0 radical (unpaired) electrons. The first kappa shape index (κ1) is 14.1. The highest BCUT2D eigenvalue weighted by Gasteiger charge is 2.33. The van der Waals surface area contributed by atoms with Crippen molar-refractivity contribution < 1.29 is 17.6 Å². The molecule has 0 spiro atoms. The average Bonchev–Trinajstić information content (AvgIpc) is 2.71. The minimum absolute atomic E-state index is 0.368. The van der Waals surface area contributed by atoms with Crippen molar-refractivity contribution in [1.82, 2.24) is 5.32 Å². The van der Waals surface area contributed by atoms with Gasteiger partial charge in [0.2, 0.25) is 0 Å². The summed E-state index contributed by atoms with van der Waals surface area (Å²) in [5.41, 5.74) is 0. The second-order valence-corrected chi connectivity index (χ2v) is 3.98. The molecule has 0 aliphatic rings. The van der Waals surface area contributed by atoms with E-state index in [1.165, 1.54) is 0 Å². The lowest BCUT2D eigenvalue weighted by molar-refractivity contribution is -0.141. The van der Waals surface area contributed by atoms with E-state index in [9.17, 15) is 13.2 Å². The molecule has 1 N–H and O–H groups in total. The maximum absolute atomic E-state index is 12.4. The second-order valence-electron chi connectivity index (χ2n) is 3.98. The Morgan fingerprint density at radius 2 is 2.00 bits per heavy atom. The molecule has 0 aliphatic carbocycles. The number of furan rings is 1. The Kier molecular flexibility index (Phi) is 5.05. The molecule has 17 heavy (non-hydrogen) atoms. The molecular formula is C12H18F3NO. The van der Waals surface area contributed by atoms with Crippen LogP contribution in [0, 0.1) is 0 Å². The highest BCUT2D eigenvalue weighted by molar-refractivity contribution is 5.11. The summed E-state index contributed by atoms with van der Waals surface area (Å²) in [7, 11) is 0. The van der Waals surface area contributed by atoms with Crippen molar-refractivity contribution in [1.29, 1.82) is 0 Å². The zero-order chi connectivity index (χ0) is 12.9.